The number of carbonyl (C=O) groups excluding carboxylic acids is 1. The Labute approximate surface area is 149 Å². The van der Waals surface area contributed by atoms with Crippen molar-refractivity contribution < 1.29 is 9.32 Å². The summed E-state index contributed by atoms with van der Waals surface area (Å²) < 4.78 is 6.69. The summed E-state index contributed by atoms with van der Waals surface area (Å²) >= 11 is 1.29. The number of hydrogen-bond acceptors (Lipinski definition) is 7. The van der Waals surface area contributed by atoms with E-state index in [0.717, 1.165) is 5.56 Å². The maximum absolute atomic E-state index is 12.8. The van der Waals surface area contributed by atoms with Gasteiger partial charge in [0.2, 0.25) is 11.1 Å². The van der Waals surface area contributed by atoms with Gasteiger partial charge in [0.05, 0.1) is 6.04 Å². The summed E-state index contributed by atoms with van der Waals surface area (Å²) in [6.45, 7) is 5.73. The number of benzene rings is 1. The highest BCUT2D eigenvalue weighted by molar-refractivity contribution is 8.00. The molecule has 0 aliphatic rings. The van der Waals surface area contributed by atoms with Crippen molar-refractivity contribution in [2.45, 2.75) is 37.2 Å². The standard InChI is InChI=1S/C16H18N6O2S/c1-10(2)22-16(18-20-21-22)25-14(12-7-5-4-6-8-12)15(23)17-13-9-11(3)24-19-13/h4-10,14H,1-3H3,(H,17,19,23). The molecule has 0 fully saturated rings. The Balaban J connectivity index is 1.87. The van der Waals surface area contributed by atoms with E-state index in [1.54, 1.807) is 17.7 Å². The summed E-state index contributed by atoms with van der Waals surface area (Å²) in [6.07, 6.45) is 0. The molecule has 0 saturated heterocycles. The SMILES string of the molecule is Cc1cc(NC(=O)C(Sc2nnnn2C(C)C)c2ccccc2)no1. The quantitative estimate of drug-likeness (QED) is 0.676. The molecule has 0 aliphatic carbocycles. The number of hydrogen-bond donors (Lipinski definition) is 1. The first-order chi connectivity index (χ1) is 12.0. The molecule has 1 unspecified atom stereocenters. The molecule has 0 spiro atoms. The molecule has 3 aromatic rings. The number of nitrogens with zero attached hydrogens (tertiary/aromatic N) is 5. The van der Waals surface area contributed by atoms with Gasteiger partial charge in [0.1, 0.15) is 11.0 Å². The molecule has 25 heavy (non-hydrogen) atoms. The van der Waals surface area contributed by atoms with E-state index in [0.29, 0.717) is 16.7 Å². The van der Waals surface area contributed by atoms with Gasteiger partial charge in [-0.05, 0) is 36.8 Å². The van der Waals surface area contributed by atoms with Crippen LogP contribution in [0.15, 0.2) is 46.1 Å². The number of tetrazole rings is 1. The molecule has 9 heteroatoms. The first-order valence-corrected chi connectivity index (χ1v) is 8.66. The number of anilines is 1. The second kappa shape index (κ2) is 7.47. The molecule has 0 radical (unpaired) electrons. The molecule has 1 N–H and O–H groups in total. The molecule has 0 saturated carbocycles. The summed E-state index contributed by atoms with van der Waals surface area (Å²) in [5.74, 6) is 0.790. The van der Waals surface area contributed by atoms with Gasteiger partial charge in [0.25, 0.3) is 0 Å². The predicted octanol–water partition coefficient (Wildman–Crippen LogP) is 3.02. The molecular formula is C16H18N6O2S. The summed E-state index contributed by atoms with van der Waals surface area (Å²) in [5, 5.41) is 18.4. The van der Waals surface area contributed by atoms with Crippen molar-refractivity contribution in [1.29, 1.82) is 0 Å². The number of aryl methyl sites for hydroxylation is 1. The monoisotopic (exact) mass is 358 g/mol. The number of carbonyl (C=O) groups is 1. The van der Waals surface area contributed by atoms with E-state index in [1.165, 1.54) is 11.8 Å². The van der Waals surface area contributed by atoms with Crippen LogP contribution in [0.5, 0.6) is 0 Å². The van der Waals surface area contributed by atoms with Gasteiger partial charge in [-0.1, -0.05) is 47.3 Å². The Morgan fingerprint density at radius 1 is 1.28 bits per heavy atom. The highest BCUT2D eigenvalue weighted by atomic mass is 32.2. The Morgan fingerprint density at radius 3 is 2.68 bits per heavy atom. The molecule has 1 atom stereocenters. The maximum Gasteiger partial charge on any atom is 0.243 e. The van der Waals surface area contributed by atoms with E-state index in [-0.39, 0.29) is 11.9 Å². The smallest absolute Gasteiger partial charge is 0.243 e. The third-order valence-corrected chi connectivity index (χ3v) is 4.60. The van der Waals surface area contributed by atoms with Crippen LogP contribution in [0.25, 0.3) is 0 Å². The fourth-order valence-corrected chi connectivity index (χ4v) is 3.32. The van der Waals surface area contributed by atoms with Crippen molar-refractivity contribution in [1.82, 2.24) is 25.4 Å². The van der Waals surface area contributed by atoms with Gasteiger partial charge in [-0.3, -0.25) is 4.79 Å². The number of nitrogens with one attached hydrogen (secondary N) is 1. The first-order valence-electron chi connectivity index (χ1n) is 7.78. The van der Waals surface area contributed by atoms with E-state index in [9.17, 15) is 4.79 Å². The van der Waals surface area contributed by atoms with Gasteiger partial charge in [0, 0.05) is 6.07 Å². The largest absolute Gasteiger partial charge is 0.360 e. The lowest BCUT2D eigenvalue weighted by molar-refractivity contribution is -0.115. The zero-order chi connectivity index (χ0) is 17.8. The van der Waals surface area contributed by atoms with Crippen LogP contribution < -0.4 is 5.32 Å². The van der Waals surface area contributed by atoms with Gasteiger partial charge in [0.15, 0.2) is 5.82 Å². The van der Waals surface area contributed by atoms with Crippen molar-refractivity contribution in [2.24, 2.45) is 0 Å². The van der Waals surface area contributed by atoms with E-state index in [2.05, 4.69) is 26.0 Å². The topological polar surface area (TPSA) is 98.7 Å². The summed E-state index contributed by atoms with van der Waals surface area (Å²) in [4.78, 5) is 12.8. The van der Waals surface area contributed by atoms with Gasteiger partial charge in [-0.15, -0.1) is 5.10 Å². The van der Waals surface area contributed by atoms with Crippen LogP contribution in [0.3, 0.4) is 0 Å². The van der Waals surface area contributed by atoms with Crippen molar-refractivity contribution >= 4 is 23.5 Å². The third-order valence-electron chi connectivity index (χ3n) is 3.39. The van der Waals surface area contributed by atoms with E-state index in [1.807, 2.05) is 44.2 Å². The fraction of sp³-hybridized carbons (Fsp3) is 0.312. The number of amides is 1. The van der Waals surface area contributed by atoms with Gasteiger partial charge < -0.3 is 9.84 Å². The normalized spacial score (nSPS) is 12.3. The molecular weight excluding hydrogens is 340 g/mol. The van der Waals surface area contributed by atoms with E-state index < -0.39 is 5.25 Å². The molecule has 3 rings (SSSR count). The van der Waals surface area contributed by atoms with Crippen molar-refractivity contribution in [3.05, 3.63) is 47.7 Å². The van der Waals surface area contributed by atoms with Gasteiger partial charge in [-0.25, -0.2) is 4.68 Å². The first kappa shape index (κ1) is 17.2. The fourth-order valence-electron chi connectivity index (χ4n) is 2.21. The predicted molar refractivity (Wildman–Crippen MR) is 93.1 cm³/mol. The van der Waals surface area contributed by atoms with Crippen molar-refractivity contribution in [3.8, 4) is 0 Å². The summed E-state index contributed by atoms with van der Waals surface area (Å²) in [7, 11) is 0. The second-order valence-corrected chi connectivity index (χ2v) is 6.79. The Kier molecular flexibility index (Phi) is 5.13. The highest BCUT2D eigenvalue weighted by Crippen LogP contribution is 2.35. The maximum atomic E-state index is 12.8. The Hall–Kier alpha value is -2.68. The van der Waals surface area contributed by atoms with E-state index >= 15 is 0 Å². The average Bonchev–Trinajstić information content (AvgIpc) is 3.22. The van der Waals surface area contributed by atoms with Gasteiger partial charge >= 0.3 is 0 Å². The molecule has 0 bridgehead atoms. The lowest BCUT2D eigenvalue weighted by atomic mass is 10.1. The number of thioether (sulfide) groups is 1. The zero-order valence-electron chi connectivity index (χ0n) is 14.1. The van der Waals surface area contributed by atoms with Crippen LogP contribution in [-0.2, 0) is 4.79 Å². The number of rotatable bonds is 6. The van der Waals surface area contributed by atoms with Crippen LogP contribution in [-0.4, -0.2) is 31.3 Å². The minimum absolute atomic E-state index is 0.0928. The minimum Gasteiger partial charge on any atom is -0.360 e. The molecule has 1 amide bonds. The van der Waals surface area contributed by atoms with Gasteiger partial charge in [-0.2, -0.15) is 0 Å². The molecule has 1 aromatic carbocycles. The molecule has 2 aromatic heterocycles. The van der Waals surface area contributed by atoms with Crippen molar-refractivity contribution in [3.63, 3.8) is 0 Å². The van der Waals surface area contributed by atoms with Crippen LogP contribution in [0.4, 0.5) is 5.82 Å². The molecule has 2 heterocycles. The second-order valence-electron chi connectivity index (χ2n) is 5.72. The van der Waals surface area contributed by atoms with Crippen LogP contribution in [0.2, 0.25) is 0 Å². The van der Waals surface area contributed by atoms with E-state index in [4.69, 9.17) is 4.52 Å². The average molecular weight is 358 g/mol. The molecule has 8 nitrogen and oxygen atoms in total. The zero-order valence-corrected chi connectivity index (χ0v) is 14.9. The summed E-state index contributed by atoms with van der Waals surface area (Å²) in [5.41, 5.74) is 0.850. The highest BCUT2D eigenvalue weighted by Gasteiger charge is 2.26. The molecule has 130 valence electrons. The van der Waals surface area contributed by atoms with Crippen LogP contribution in [0.1, 0.15) is 36.5 Å². The Bertz CT molecular complexity index is 845. The Morgan fingerprint density at radius 2 is 2.04 bits per heavy atom. The third kappa shape index (κ3) is 4.05. The summed E-state index contributed by atoms with van der Waals surface area (Å²) in [6, 6.07) is 11.2. The lowest BCUT2D eigenvalue weighted by Gasteiger charge is -2.16. The number of aromatic nitrogens is 5. The van der Waals surface area contributed by atoms with Crippen LogP contribution in [0, 0.1) is 6.92 Å². The van der Waals surface area contributed by atoms with Crippen molar-refractivity contribution in [2.75, 3.05) is 5.32 Å². The minimum atomic E-state index is -0.526. The molecule has 0 aliphatic heterocycles. The van der Waals surface area contributed by atoms with Crippen LogP contribution >= 0.6 is 11.8 Å². The lowest BCUT2D eigenvalue weighted by Crippen LogP contribution is -2.20.